The highest BCUT2D eigenvalue weighted by Gasteiger charge is 2.23. The van der Waals surface area contributed by atoms with Crippen LogP contribution in [0.1, 0.15) is 24.2 Å². The first-order valence-corrected chi connectivity index (χ1v) is 9.57. The molecule has 2 amide bonds. The zero-order chi connectivity index (χ0) is 20.4. The number of benzene rings is 1. The number of nitrogens with one attached hydrogen (secondary N) is 2. The summed E-state index contributed by atoms with van der Waals surface area (Å²) in [4.78, 5) is 32.2. The van der Waals surface area contributed by atoms with Gasteiger partial charge in [-0.1, -0.05) is 0 Å². The number of rotatable bonds is 6. The molecule has 0 spiro atoms. The molecule has 1 aromatic carbocycles. The molecular weight excluding hydrogens is 489 g/mol. The Balaban J connectivity index is 0.00000420. The number of phenols is 1. The van der Waals surface area contributed by atoms with Gasteiger partial charge in [0, 0.05) is 44.8 Å². The van der Waals surface area contributed by atoms with Gasteiger partial charge in [-0.3, -0.25) is 9.79 Å². The summed E-state index contributed by atoms with van der Waals surface area (Å²) in [6, 6.07) is 6.10. The molecule has 162 valence electrons. The summed E-state index contributed by atoms with van der Waals surface area (Å²) in [6.45, 7) is 8.25. The van der Waals surface area contributed by atoms with Gasteiger partial charge < -0.3 is 30.3 Å². The molecule has 1 aliphatic rings. The maximum atomic E-state index is 12.1. The maximum absolute atomic E-state index is 12.1. The molecule has 0 saturated carbocycles. The second-order valence-corrected chi connectivity index (χ2v) is 6.21. The summed E-state index contributed by atoms with van der Waals surface area (Å²) in [5.41, 5.74) is 0.490. The minimum Gasteiger partial charge on any atom is -0.508 e. The van der Waals surface area contributed by atoms with Crippen LogP contribution in [-0.2, 0) is 4.74 Å². The van der Waals surface area contributed by atoms with Crippen LogP contribution in [0.2, 0.25) is 0 Å². The lowest BCUT2D eigenvalue weighted by molar-refractivity contribution is 0.0914. The second kappa shape index (κ2) is 13.1. The monoisotopic (exact) mass is 519 g/mol. The molecular formula is C19H30IN5O4. The Kier molecular flexibility index (Phi) is 11.2. The third kappa shape index (κ3) is 7.95. The summed E-state index contributed by atoms with van der Waals surface area (Å²) in [5.74, 6) is 0.688. The van der Waals surface area contributed by atoms with Crippen LogP contribution in [-0.4, -0.2) is 85.3 Å². The van der Waals surface area contributed by atoms with Gasteiger partial charge in [0.1, 0.15) is 5.75 Å². The van der Waals surface area contributed by atoms with Crippen molar-refractivity contribution < 1.29 is 19.4 Å². The number of hydrogen-bond acceptors (Lipinski definition) is 5. The van der Waals surface area contributed by atoms with Crippen molar-refractivity contribution in [1.29, 1.82) is 0 Å². The average molecular weight is 519 g/mol. The standard InChI is InChI=1S/C19H29N5O4.HI/c1-3-20-18(23-11-13-24(14-12-23)19(27)28-4-2)22-10-9-21-17(26)15-5-7-16(25)8-6-15;/h5-8,25H,3-4,9-14H2,1-2H3,(H,20,22)(H,21,26);1H. The Morgan fingerprint density at radius 2 is 1.69 bits per heavy atom. The first-order valence-electron chi connectivity index (χ1n) is 9.57. The smallest absolute Gasteiger partial charge is 0.409 e. The van der Waals surface area contributed by atoms with Gasteiger partial charge in [-0.2, -0.15) is 0 Å². The Morgan fingerprint density at radius 1 is 1.07 bits per heavy atom. The van der Waals surface area contributed by atoms with Crippen molar-refractivity contribution in [3.05, 3.63) is 29.8 Å². The van der Waals surface area contributed by atoms with Crippen LogP contribution in [0.4, 0.5) is 4.79 Å². The highest BCUT2D eigenvalue weighted by Crippen LogP contribution is 2.09. The predicted octanol–water partition coefficient (Wildman–Crippen LogP) is 1.48. The molecule has 1 saturated heterocycles. The first kappa shape index (κ1) is 24.8. The molecule has 3 N–H and O–H groups in total. The normalized spacial score (nSPS) is 14.1. The number of amides is 2. The molecule has 0 aliphatic carbocycles. The van der Waals surface area contributed by atoms with Crippen molar-refractivity contribution in [2.45, 2.75) is 13.8 Å². The third-order valence-electron chi connectivity index (χ3n) is 4.23. The van der Waals surface area contributed by atoms with Crippen LogP contribution in [0.5, 0.6) is 5.75 Å². The molecule has 1 aliphatic heterocycles. The fraction of sp³-hybridized carbons (Fsp3) is 0.526. The second-order valence-electron chi connectivity index (χ2n) is 6.21. The maximum Gasteiger partial charge on any atom is 0.409 e. The molecule has 2 rings (SSSR count). The van der Waals surface area contributed by atoms with Crippen molar-refractivity contribution in [3.8, 4) is 5.75 Å². The first-order chi connectivity index (χ1) is 13.5. The Labute approximate surface area is 188 Å². The lowest BCUT2D eigenvalue weighted by Gasteiger charge is -2.35. The van der Waals surface area contributed by atoms with E-state index in [1.165, 1.54) is 12.1 Å². The number of hydrogen-bond donors (Lipinski definition) is 3. The molecule has 1 aromatic rings. The average Bonchev–Trinajstić information content (AvgIpc) is 2.71. The van der Waals surface area contributed by atoms with E-state index in [-0.39, 0.29) is 41.7 Å². The summed E-state index contributed by atoms with van der Waals surface area (Å²) in [6.07, 6.45) is -0.277. The summed E-state index contributed by atoms with van der Waals surface area (Å²) < 4.78 is 5.04. The van der Waals surface area contributed by atoms with Crippen LogP contribution in [0.3, 0.4) is 0 Å². The van der Waals surface area contributed by atoms with Crippen molar-refractivity contribution in [3.63, 3.8) is 0 Å². The van der Waals surface area contributed by atoms with Gasteiger partial charge in [0.25, 0.3) is 5.91 Å². The SMILES string of the molecule is CCNC(=NCCNC(=O)c1ccc(O)cc1)N1CCN(C(=O)OCC)CC1.I. The van der Waals surface area contributed by atoms with Crippen LogP contribution >= 0.6 is 24.0 Å². The lowest BCUT2D eigenvalue weighted by atomic mass is 10.2. The van der Waals surface area contributed by atoms with Crippen molar-refractivity contribution >= 4 is 41.9 Å². The van der Waals surface area contributed by atoms with E-state index in [1.54, 1.807) is 24.0 Å². The number of piperazine rings is 1. The molecule has 29 heavy (non-hydrogen) atoms. The highest BCUT2D eigenvalue weighted by atomic mass is 127. The molecule has 10 heteroatoms. The van der Waals surface area contributed by atoms with Crippen LogP contribution in [0.25, 0.3) is 0 Å². The van der Waals surface area contributed by atoms with E-state index < -0.39 is 0 Å². The van der Waals surface area contributed by atoms with E-state index in [9.17, 15) is 14.7 Å². The largest absolute Gasteiger partial charge is 0.508 e. The van der Waals surface area contributed by atoms with E-state index in [4.69, 9.17) is 4.74 Å². The van der Waals surface area contributed by atoms with Crippen LogP contribution in [0.15, 0.2) is 29.3 Å². The third-order valence-corrected chi connectivity index (χ3v) is 4.23. The minimum atomic E-state index is -0.277. The number of nitrogens with zero attached hydrogens (tertiary/aromatic N) is 3. The van der Waals surface area contributed by atoms with Crippen molar-refractivity contribution in [2.75, 3.05) is 52.4 Å². The molecule has 0 radical (unpaired) electrons. The molecule has 9 nitrogen and oxygen atoms in total. The zero-order valence-electron chi connectivity index (χ0n) is 16.9. The summed E-state index contributed by atoms with van der Waals surface area (Å²) >= 11 is 0. The van der Waals surface area contributed by atoms with Gasteiger partial charge in [-0.15, -0.1) is 24.0 Å². The quantitative estimate of drug-likeness (QED) is 0.228. The Morgan fingerprint density at radius 3 is 2.28 bits per heavy atom. The van der Waals surface area contributed by atoms with E-state index in [1.807, 2.05) is 6.92 Å². The van der Waals surface area contributed by atoms with Crippen molar-refractivity contribution in [2.24, 2.45) is 4.99 Å². The number of carbonyl (C=O) groups excluding carboxylic acids is 2. The van der Waals surface area contributed by atoms with E-state index in [0.717, 1.165) is 12.5 Å². The molecule has 1 heterocycles. The molecule has 0 unspecified atom stereocenters. The van der Waals surface area contributed by atoms with E-state index in [0.29, 0.717) is 51.4 Å². The van der Waals surface area contributed by atoms with Gasteiger partial charge in [-0.05, 0) is 38.1 Å². The van der Waals surface area contributed by atoms with E-state index >= 15 is 0 Å². The number of guanidine groups is 1. The zero-order valence-corrected chi connectivity index (χ0v) is 19.2. The minimum absolute atomic E-state index is 0. The van der Waals surface area contributed by atoms with Crippen LogP contribution in [0, 0.1) is 0 Å². The number of aromatic hydroxyl groups is 1. The number of phenolic OH excluding ortho intramolecular Hbond substituents is 1. The lowest BCUT2D eigenvalue weighted by Crippen LogP contribution is -2.54. The number of carbonyl (C=O) groups is 2. The summed E-state index contributed by atoms with van der Waals surface area (Å²) in [5, 5.41) is 15.3. The Hall–Kier alpha value is -2.24. The number of aliphatic imine (C=N–C) groups is 1. The molecule has 0 bridgehead atoms. The van der Waals surface area contributed by atoms with Gasteiger partial charge in [0.2, 0.25) is 0 Å². The van der Waals surface area contributed by atoms with Gasteiger partial charge >= 0.3 is 6.09 Å². The number of halogens is 1. The highest BCUT2D eigenvalue weighted by molar-refractivity contribution is 14.0. The van der Waals surface area contributed by atoms with Gasteiger partial charge in [-0.25, -0.2) is 4.79 Å². The summed E-state index contributed by atoms with van der Waals surface area (Å²) in [7, 11) is 0. The predicted molar refractivity (Wildman–Crippen MR) is 122 cm³/mol. The van der Waals surface area contributed by atoms with Crippen molar-refractivity contribution in [1.82, 2.24) is 20.4 Å². The topological polar surface area (TPSA) is 106 Å². The molecule has 0 atom stereocenters. The Bertz CT molecular complexity index is 676. The van der Waals surface area contributed by atoms with Crippen LogP contribution < -0.4 is 10.6 Å². The molecule has 1 fully saturated rings. The van der Waals surface area contributed by atoms with Gasteiger partial charge in [0.15, 0.2) is 5.96 Å². The molecule has 0 aromatic heterocycles. The fourth-order valence-corrected chi connectivity index (χ4v) is 2.79. The number of ether oxygens (including phenoxy) is 1. The van der Waals surface area contributed by atoms with E-state index in [2.05, 4.69) is 20.5 Å². The fourth-order valence-electron chi connectivity index (χ4n) is 2.79. The van der Waals surface area contributed by atoms with Gasteiger partial charge in [0.05, 0.1) is 13.2 Å².